The Morgan fingerprint density at radius 1 is 1.09 bits per heavy atom. The van der Waals surface area contributed by atoms with E-state index in [1.54, 1.807) is 7.11 Å². The zero-order valence-corrected chi connectivity index (χ0v) is 18.9. The highest BCUT2D eigenvalue weighted by molar-refractivity contribution is 5.85. The van der Waals surface area contributed by atoms with Crippen molar-refractivity contribution in [3.8, 4) is 5.75 Å². The van der Waals surface area contributed by atoms with Gasteiger partial charge in [0.2, 0.25) is 0 Å². The molecule has 0 saturated carbocycles. The van der Waals surface area contributed by atoms with E-state index < -0.39 is 6.10 Å². The molecule has 0 radical (unpaired) electrons. The van der Waals surface area contributed by atoms with Gasteiger partial charge in [-0.25, -0.2) is 0 Å². The van der Waals surface area contributed by atoms with Crippen molar-refractivity contribution in [3.05, 3.63) is 65.4 Å². The minimum absolute atomic E-state index is 0.124. The number of hydrogen-bond donors (Lipinski definition) is 2. The van der Waals surface area contributed by atoms with Gasteiger partial charge in [0.25, 0.3) is 0 Å². The molecule has 1 aliphatic carbocycles. The van der Waals surface area contributed by atoms with E-state index in [1.165, 1.54) is 27.6 Å². The summed E-state index contributed by atoms with van der Waals surface area (Å²) in [4.78, 5) is 5.79. The molecule has 1 aliphatic heterocycles. The van der Waals surface area contributed by atoms with Gasteiger partial charge in [-0.2, -0.15) is 0 Å². The largest absolute Gasteiger partial charge is 0.497 e. The second-order valence-corrected chi connectivity index (χ2v) is 9.30. The van der Waals surface area contributed by atoms with Crippen molar-refractivity contribution in [2.24, 2.45) is 0 Å². The lowest BCUT2D eigenvalue weighted by Gasteiger charge is -2.33. The summed E-state index contributed by atoms with van der Waals surface area (Å²) in [7, 11) is 1.72. The molecule has 32 heavy (non-hydrogen) atoms. The zero-order valence-electron chi connectivity index (χ0n) is 18.9. The average Bonchev–Trinajstić information content (AvgIpc) is 3.26. The summed E-state index contributed by atoms with van der Waals surface area (Å²) in [6.07, 6.45) is 7.39. The van der Waals surface area contributed by atoms with Crippen LogP contribution in [-0.4, -0.2) is 54.4 Å². The van der Waals surface area contributed by atoms with Gasteiger partial charge in [0, 0.05) is 23.6 Å². The number of methoxy groups -OCH3 is 1. The van der Waals surface area contributed by atoms with E-state index >= 15 is 0 Å². The molecule has 2 unspecified atom stereocenters. The zero-order chi connectivity index (χ0) is 21.9. The van der Waals surface area contributed by atoms with Gasteiger partial charge in [-0.3, -0.25) is 0 Å². The van der Waals surface area contributed by atoms with Crippen LogP contribution >= 0.6 is 0 Å². The summed E-state index contributed by atoms with van der Waals surface area (Å²) in [5.74, 6) is 1.44. The third-order valence-electron chi connectivity index (χ3n) is 7.22. The molecule has 5 nitrogen and oxygen atoms in total. The van der Waals surface area contributed by atoms with E-state index in [1.807, 2.05) is 6.07 Å². The number of benzene rings is 2. The quantitative estimate of drug-likeness (QED) is 0.560. The van der Waals surface area contributed by atoms with Crippen LogP contribution in [0.4, 0.5) is 0 Å². The molecule has 1 aromatic heterocycles. The fraction of sp³-hybridized carbons (Fsp3) is 0.481. The third kappa shape index (κ3) is 4.56. The molecule has 170 valence electrons. The highest BCUT2D eigenvalue weighted by atomic mass is 16.5. The molecule has 0 spiro atoms. The monoisotopic (exact) mass is 434 g/mol. The molecule has 2 aliphatic rings. The lowest BCUT2D eigenvalue weighted by molar-refractivity contribution is -0.0300. The van der Waals surface area contributed by atoms with Crippen molar-refractivity contribution < 1.29 is 14.6 Å². The van der Waals surface area contributed by atoms with Crippen LogP contribution in [0, 0.1) is 0 Å². The first-order chi connectivity index (χ1) is 15.7. The maximum Gasteiger partial charge on any atom is 0.119 e. The van der Waals surface area contributed by atoms with Gasteiger partial charge < -0.3 is 24.5 Å². The van der Waals surface area contributed by atoms with Crippen molar-refractivity contribution in [2.75, 3.05) is 33.4 Å². The molecule has 5 rings (SSSR count). The number of aliphatic hydroxyl groups is 1. The topological polar surface area (TPSA) is 57.7 Å². The maximum absolute atomic E-state index is 10.6. The fourth-order valence-corrected chi connectivity index (χ4v) is 5.47. The number of likely N-dealkylation sites (tertiary alicyclic amines) is 1. The number of fused-ring (bicyclic) bond motifs is 2. The van der Waals surface area contributed by atoms with Crippen molar-refractivity contribution in [2.45, 2.75) is 50.2 Å². The molecule has 2 atom stereocenters. The first kappa shape index (κ1) is 21.5. The van der Waals surface area contributed by atoms with Gasteiger partial charge >= 0.3 is 0 Å². The smallest absolute Gasteiger partial charge is 0.119 e. The van der Waals surface area contributed by atoms with Crippen LogP contribution in [0.3, 0.4) is 0 Å². The van der Waals surface area contributed by atoms with Crippen molar-refractivity contribution >= 4 is 10.9 Å². The first-order valence-corrected chi connectivity index (χ1v) is 12.0. The predicted octanol–water partition coefficient (Wildman–Crippen LogP) is 4.81. The molecule has 1 saturated heterocycles. The Hall–Kier alpha value is -2.34. The van der Waals surface area contributed by atoms with E-state index in [0.29, 0.717) is 19.1 Å². The Morgan fingerprint density at radius 2 is 1.94 bits per heavy atom. The number of aromatic amines is 1. The molecule has 0 amide bonds. The molecular formula is C27H34N2O3. The summed E-state index contributed by atoms with van der Waals surface area (Å²) >= 11 is 0. The van der Waals surface area contributed by atoms with E-state index in [4.69, 9.17) is 9.47 Å². The number of piperidine rings is 1. The lowest BCUT2D eigenvalue weighted by Crippen LogP contribution is -2.40. The van der Waals surface area contributed by atoms with E-state index in [2.05, 4.69) is 52.5 Å². The number of β-amino-alcohol motifs (C(OH)–C–C–N with tert-alkyl or cyclic N) is 1. The SMILES string of the molecule is COc1ccc2[nH]cc(C3CCN(CC(O)COC4CCCc5ccccc54)CC3)c2c1. The Morgan fingerprint density at radius 3 is 2.78 bits per heavy atom. The van der Waals surface area contributed by atoms with Gasteiger partial charge in [0.15, 0.2) is 0 Å². The third-order valence-corrected chi connectivity index (χ3v) is 7.22. The number of H-pyrrole nitrogens is 1. The van der Waals surface area contributed by atoms with E-state index in [9.17, 15) is 5.11 Å². The van der Waals surface area contributed by atoms with Crippen LogP contribution in [-0.2, 0) is 11.2 Å². The predicted molar refractivity (Wildman–Crippen MR) is 127 cm³/mol. The molecular weight excluding hydrogens is 400 g/mol. The van der Waals surface area contributed by atoms with Crippen LogP contribution in [0.2, 0.25) is 0 Å². The fourth-order valence-electron chi connectivity index (χ4n) is 5.47. The summed E-state index contributed by atoms with van der Waals surface area (Å²) in [6.45, 7) is 3.10. The molecule has 2 N–H and O–H groups in total. The minimum Gasteiger partial charge on any atom is -0.497 e. The second kappa shape index (κ2) is 9.65. The van der Waals surface area contributed by atoms with Gasteiger partial charge in [-0.1, -0.05) is 24.3 Å². The molecule has 5 heteroatoms. The normalized spacial score (nSPS) is 20.9. The summed E-state index contributed by atoms with van der Waals surface area (Å²) in [5.41, 5.74) is 5.26. The Kier molecular flexibility index (Phi) is 6.49. The van der Waals surface area contributed by atoms with E-state index in [-0.39, 0.29) is 6.10 Å². The van der Waals surface area contributed by atoms with Crippen molar-refractivity contribution in [1.82, 2.24) is 9.88 Å². The van der Waals surface area contributed by atoms with Gasteiger partial charge in [0.05, 0.1) is 25.9 Å². The molecule has 3 aromatic rings. The molecule has 2 aromatic carbocycles. The van der Waals surface area contributed by atoms with Crippen LogP contribution in [0.15, 0.2) is 48.7 Å². The van der Waals surface area contributed by atoms with Crippen LogP contribution in [0.1, 0.15) is 54.4 Å². The molecule has 1 fully saturated rings. The lowest BCUT2D eigenvalue weighted by atomic mass is 9.89. The Balaban J connectivity index is 1.12. The van der Waals surface area contributed by atoms with Gasteiger partial charge in [-0.15, -0.1) is 0 Å². The Labute approximate surface area is 190 Å². The highest BCUT2D eigenvalue weighted by Crippen LogP contribution is 2.35. The van der Waals surface area contributed by atoms with Crippen LogP contribution < -0.4 is 4.74 Å². The first-order valence-electron chi connectivity index (χ1n) is 12.0. The second-order valence-electron chi connectivity index (χ2n) is 9.30. The number of ether oxygens (including phenoxy) is 2. The van der Waals surface area contributed by atoms with Crippen LogP contribution in [0.25, 0.3) is 10.9 Å². The summed E-state index contributed by atoms with van der Waals surface area (Å²) in [6, 6.07) is 14.8. The summed E-state index contributed by atoms with van der Waals surface area (Å²) < 4.78 is 11.6. The number of aliphatic hydroxyl groups excluding tert-OH is 1. The standard InChI is InChI=1S/C27H34N2O3/c1-31-22-9-10-26-24(15-22)25(16-28-26)20-11-13-29(14-12-20)17-21(30)18-32-27-8-4-6-19-5-2-3-7-23(19)27/h2-3,5,7,9-10,15-16,20-21,27-28,30H,4,6,8,11-14,17-18H2,1H3. The van der Waals surface area contributed by atoms with E-state index in [0.717, 1.165) is 50.9 Å². The average molecular weight is 435 g/mol. The van der Waals surface area contributed by atoms with Crippen LogP contribution in [0.5, 0.6) is 5.75 Å². The highest BCUT2D eigenvalue weighted by Gasteiger charge is 2.25. The maximum atomic E-state index is 10.6. The molecule has 2 heterocycles. The number of nitrogens with one attached hydrogen (secondary N) is 1. The van der Waals surface area contributed by atoms with Gasteiger partial charge in [0.1, 0.15) is 5.75 Å². The van der Waals surface area contributed by atoms with Crippen molar-refractivity contribution in [1.29, 1.82) is 0 Å². The molecule has 0 bridgehead atoms. The van der Waals surface area contributed by atoms with Gasteiger partial charge in [-0.05, 0) is 86.0 Å². The number of aromatic nitrogens is 1. The number of rotatable bonds is 7. The Bertz CT molecular complexity index is 1040. The number of nitrogens with zero attached hydrogens (tertiary/aromatic N) is 1. The summed E-state index contributed by atoms with van der Waals surface area (Å²) in [5, 5.41) is 11.9. The minimum atomic E-state index is -0.446. The number of aryl methyl sites for hydroxylation is 1. The number of hydrogen-bond acceptors (Lipinski definition) is 4. The van der Waals surface area contributed by atoms with Crippen molar-refractivity contribution in [3.63, 3.8) is 0 Å².